The monoisotopic (exact) mass is 991 g/mol. The molecule has 2 aliphatic rings. The van der Waals surface area contributed by atoms with Gasteiger partial charge in [0.25, 0.3) is 0 Å². The number of allylic oxidation sites excluding steroid dienone is 4. The van der Waals surface area contributed by atoms with E-state index < -0.39 is 63.7 Å². The number of hydrogen-bond acceptors (Lipinski definition) is 13. The van der Waals surface area contributed by atoms with Crippen molar-refractivity contribution < 1.29 is 32.4 Å². The van der Waals surface area contributed by atoms with Crippen LogP contribution in [0.4, 0.5) is 0 Å². The summed E-state index contributed by atoms with van der Waals surface area (Å²) in [7, 11) is -3.68. The fraction of sp³-hybridized carbons (Fsp3) is 0.610. The van der Waals surface area contributed by atoms with Gasteiger partial charge >= 0.3 is 0 Å². The first-order valence-corrected chi connectivity index (χ1v) is 24.3. The summed E-state index contributed by atoms with van der Waals surface area (Å²) in [5.41, 5.74) is 49.2. The highest BCUT2D eigenvalue weighted by molar-refractivity contribution is 7.93. The number of unbranched alkanes of at least 4 members (excludes halogenated alkanes) is 2. The standard InChI is InChI=1S/C41H74N20O7S/c42-34(63)29(8-4-17-53-38(43)44)59-36(65)31(10-6-19-55-40(47)48)61-37(66)32(11-7-20-56-41(49)50)60-35(64)30(9-5-18-54-39(45)46)58-33(62)12-2-1-3-16-51-22-23-57-69(67,68)28-14-13-27-25-52-21-15-26(27)24-28/h13-15,21,24-27,29-32,51,57H,1-12,16-20,22-23H2,(H2,42,63)(H,58,62)(H,59,65)(H,60,64)(H,61,66)(H4,43,44,53)(H4,45,46,54)(H4,47,48,55)(H4,49,50,56)/t26?,27?,29-,30-,31-,32-/m0/s1. The number of carbonyl (C=O) groups excluding carboxylic acids is 5. The van der Waals surface area contributed by atoms with E-state index in [1.54, 1.807) is 24.6 Å². The highest BCUT2D eigenvalue weighted by Crippen LogP contribution is 2.27. The Kier molecular flexibility index (Phi) is 27.1. The fourth-order valence-corrected chi connectivity index (χ4v) is 8.02. The maximum absolute atomic E-state index is 14.0. The van der Waals surface area contributed by atoms with Gasteiger partial charge in [-0.05, 0) is 76.8 Å². The zero-order chi connectivity index (χ0) is 51.2. The van der Waals surface area contributed by atoms with Crippen molar-refractivity contribution in [3.8, 4) is 0 Å². The van der Waals surface area contributed by atoms with Crippen molar-refractivity contribution >= 4 is 69.6 Å². The predicted octanol–water partition coefficient (Wildman–Crippen LogP) is -5.02. The van der Waals surface area contributed by atoms with Crippen LogP contribution in [0, 0.1) is 11.8 Å². The Morgan fingerprint density at radius 3 is 1.49 bits per heavy atom. The van der Waals surface area contributed by atoms with Crippen molar-refractivity contribution in [1.29, 1.82) is 0 Å². The lowest BCUT2D eigenvalue weighted by Crippen LogP contribution is -2.58. The third-order valence-electron chi connectivity index (χ3n) is 10.5. The van der Waals surface area contributed by atoms with Gasteiger partial charge in [-0.15, -0.1) is 0 Å². The summed E-state index contributed by atoms with van der Waals surface area (Å²) in [6, 6.07) is -4.76. The first-order valence-electron chi connectivity index (χ1n) is 22.8. The van der Waals surface area contributed by atoms with Crippen LogP contribution in [0.3, 0.4) is 0 Å². The number of carbonyl (C=O) groups is 5. The summed E-state index contributed by atoms with van der Waals surface area (Å²) >= 11 is 0. The topological polar surface area (TPSA) is 488 Å². The van der Waals surface area contributed by atoms with E-state index in [0.29, 0.717) is 38.8 Å². The van der Waals surface area contributed by atoms with Crippen LogP contribution in [-0.2, 0) is 34.0 Å². The van der Waals surface area contributed by atoms with Crippen LogP contribution in [0.5, 0.6) is 0 Å². The molecule has 6 atom stereocenters. The molecule has 28 heteroatoms. The number of guanidine groups is 4. The minimum absolute atomic E-state index is 0.00409. The van der Waals surface area contributed by atoms with E-state index in [0.717, 1.165) is 0 Å². The van der Waals surface area contributed by atoms with Gasteiger partial charge in [0.15, 0.2) is 23.8 Å². The summed E-state index contributed by atoms with van der Waals surface area (Å²) in [6.07, 6.45) is 13.6. The van der Waals surface area contributed by atoms with Crippen LogP contribution < -0.4 is 82.9 Å². The molecule has 0 fully saturated rings. The van der Waals surface area contributed by atoms with Crippen LogP contribution in [0.25, 0.3) is 0 Å². The lowest BCUT2D eigenvalue weighted by atomic mass is 9.88. The number of rotatable bonds is 35. The maximum atomic E-state index is 14.0. The van der Waals surface area contributed by atoms with Crippen molar-refractivity contribution in [3.05, 3.63) is 35.4 Å². The Hall–Kier alpha value is -6.81. The van der Waals surface area contributed by atoms with Gasteiger partial charge in [0.05, 0.1) is 4.91 Å². The molecule has 386 valence electrons. The molecule has 1 heterocycles. The second kappa shape index (κ2) is 32.0. The SMILES string of the molecule is NC(=O)[C@H](CCCN=C(N)N)NC(=O)[C@H](CCCN=C(N)N)NC(=O)[C@H](CCCN=C(N)N)NC(=O)[C@H](CCCN=C(N)N)NC(=O)CCCCCNCCNS(=O)(=O)C1=CC2C=CN=CC2C=C1. The number of sulfonamides is 1. The molecule has 5 amide bonds. The van der Waals surface area contributed by atoms with Gasteiger partial charge < -0.3 is 78.2 Å². The molecule has 0 saturated heterocycles. The molecule has 1 aliphatic carbocycles. The van der Waals surface area contributed by atoms with Crippen LogP contribution >= 0.6 is 0 Å². The zero-order valence-corrected chi connectivity index (χ0v) is 39.9. The number of nitrogens with zero attached hydrogens (tertiary/aromatic N) is 5. The number of hydrogen-bond donors (Lipinski definition) is 15. The number of fused-ring (bicyclic) bond motifs is 1. The summed E-state index contributed by atoms with van der Waals surface area (Å²) < 4.78 is 28.2. The van der Waals surface area contributed by atoms with Crippen LogP contribution in [0.2, 0.25) is 0 Å². The highest BCUT2D eigenvalue weighted by atomic mass is 32.2. The van der Waals surface area contributed by atoms with E-state index in [1.807, 2.05) is 12.2 Å². The van der Waals surface area contributed by atoms with E-state index in [9.17, 15) is 32.4 Å². The first-order chi connectivity index (χ1) is 32.8. The number of primary amides is 1. The van der Waals surface area contributed by atoms with Crippen LogP contribution in [0.1, 0.15) is 77.0 Å². The van der Waals surface area contributed by atoms with Gasteiger partial charge in [0, 0.05) is 69.9 Å². The molecule has 24 N–H and O–H groups in total. The average molecular weight is 991 g/mol. The third kappa shape index (κ3) is 25.2. The zero-order valence-electron chi connectivity index (χ0n) is 39.1. The largest absolute Gasteiger partial charge is 0.370 e. The minimum Gasteiger partial charge on any atom is -0.370 e. The van der Waals surface area contributed by atoms with Crippen LogP contribution in [-0.4, -0.2) is 138 Å². The number of nitrogens with two attached hydrogens (primary N) is 9. The summed E-state index contributed by atoms with van der Waals surface area (Å²) in [5, 5.41) is 13.9. The second-order valence-corrected chi connectivity index (χ2v) is 17.9. The Morgan fingerprint density at radius 1 is 0.551 bits per heavy atom. The third-order valence-corrected chi connectivity index (χ3v) is 11.9. The van der Waals surface area contributed by atoms with Gasteiger partial charge in [-0.2, -0.15) is 0 Å². The smallest absolute Gasteiger partial charge is 0.243 e. The lowest BCUT2D eigenvalue weighted by Gasteiger charge is -2.26. The molecule has 27 nitrogen and oxygen atoms in total. The summed E-state index contributed by atoms with van der Waals surface area (Å²) in [5.74, 6) is -4.13. The number of amides is 5. The normalized spacial score (nSPS) is 16.5. The summed E-state index contributed by atoms with van der Waals surface area (Å²) in [6.45, 7) is 1.68. The number of nitrogens with one attached hydrogen (secondary N) is 6. The highest BCUT2D eigenvalue weighted by Gasteiger charge is 2.31. The van der Waals surface area contributed by atoms with Crippen molar-refractivity contribution in [2.45, 2.75) is 101 Å². The Balaban J connectivity index is 2.07. The van der Waals surface area contributed by atoms with Gasteiger partial charge in [-0.1, -0.05) is 24.6 Å². The molecule has 0 bridgehead atoms. The minimum atomic E-state index is -3.68. The average Bonchev–Trinajstić information content (AvgIpc) is 3.28. The molecule has 0 aromatic heterocycles. The van der Waals surface area contributed by atoms with Crippen molar-refractivity contribution in [2.75, 3.05) is 45.8 Å². The molecule has 69 heavy (non-hydrogen) atoms. The van der Waals surface area contributed by atoms with Gasteiger partial charge in [-0.3, -0.25) is 48.9 Å². The van der Waals surface area contributed by atoms with Gasteiger partial charge in [-0.25, -0.2) is 13.1 Å². The molecular weight excluding hydrogens is 917 g/mol. The molecule has 0 aromatic carbocycles. The second-order valence-electron chi connectivity index (χ2n) is 16.2. The maximum Gasteiger partial charge on any atom is 0.243 e. The van der Waals surface area contributed by atoms with Crippen molar-refractivity contribution in [1.82, 2.24) is 31.3 Å². The molecule has 0 aromatic rings. The molecule has 2 rings (SSSR count). The summed E-state index contributed by atoms with van der Waals surface area (Å²) in [4.78, 5) is 87.1. The van der Waals surface area contributed by atoms with E-state index in [4.69, 9.17) is 51.6 Å². The van der Waals surface area contributed by atoms with Gasteiger partial charge in [0.2, 0.25) is 39.6 Å². The predicted molar refractivity (Wildman–Crippen MR) is 267 cm³/mol. The molecule has 0 spiro atoms. The lowest BCUT2D eigenvalue weighted by molar-refractivity contribution is -0.134. The van der Waals surface area contributed by atoms with E-state index in [1.165, 1.54) is 0 Å². The Morgan fingerprint density at radius 2 is 1.01 bits per heavy atom. The Labute approximate surface area is 403 Å². The fourth-order valence-electron chi connectivity index (χ4n) is 6.88. The van der Waals surface area contributed by atoms with Crippen LogP contribution in [0.15, 0.2) is 60.4 Å². The van der Waals surface area contributed by atoms with Crippen molar-refractivity contribution in [3.63, 3.8) is 0 Å². The van der Waals surface area contributed by atoms with Gasteiger partial charge in [0.1, 0.15) is 24.2 Å². The molecule has 0 saturated carbocycles. The Bertz CT molecular complexity index is 2040. The molecular formula is C41H74N20O7S. The van der Waals surface area contributed by atoms with E-state index >= 15 is 0 Å². The van der Waals surface area contributed by atoms with Crippen molar-refractivity contribution in [2.24, 2.45) is 88.4 Å². The molecule has 1 aliphatic heterocycles. The van der Waals surface area contributed by atoms with E-state index in [-0.39, 0.29) is 125 Å². The number of aliphatic imine (C=N–C) groups is 5. The van der Waals surface area contributed by atoms with E-state index in [2.05, 4.69) is 56.3 Å². The molecule has 2 unspecified atom stereocenters. The first kappa shape index (κ1) is 58.3. The quantitative estimate of drug-likeness (QED) is 0.0161. The molecule has 0 radical (unpaired) electrons.